The molecule has 1 saturated heterocycles. The van der Waals surface area contributed by atoms with Gasteiger partial charge < -0.3 is 20.5 Å². The molecule has 102 valence electrons. The van der Waals surface area contributed by atoms with Crippen LogP contribution >= 0.6 is 0 Å². The molecular weight excluding hydrogens is 216 g/mol. The first-order chi connectivity index (χ1) is 8.07. The van der Waals surface area contributed by atoms with Crippen molar-refractivity contribution < 1.29 is 9.84 Å². The van der Waals surface area contributed by atoms with E-state index < -0.39 is 5.60 Å². The summed E-state index contributed by atoms with van der Waals surface area (Å²) in [6.07, 6.45) is 4.55. The second-order valence-corrected chi connectivity index (χ2v) is 5.30. The van der Waals surface area contributed by atoms with Crippen LogP contribution in [0.25, 0.3) is 0 Å². The molecule has 1 aliphatic heterocycles. The van der Waals surface area contributed by atoms with Crippen molar-refractivity contribution in [1.29, 1.82) is 0 Å². The highest BCUT2D eigenvalue weighted by Crippen LogP contribution is 2.16. The molecule has 17 heavy (non-hydrogen) atoms. The van der Waals surface area contributed by atoms with Gasteiger partial charge in [0.2, 0.25) is 0 Å². The Labute approximate surface area is 105 Å². The fourth-order valence-electron chi connectivity index (χ4n) is 2.32. The van der Waals surface area contributed by atoms with E-state index in [-0.39, 0.29) is 0 Å². The summed E-state index contributed by atoms with van der Waals surface area (Å²) in [5, 5.41) is 9.80. The molecule has 0 aromatic rings. The van der Waals surface area contributed by atoms with Crippen molar-refractivity contribution in [1.82, 2.24) is 4.90 Å². The van der Waals surface area contributed by atoms with Gasteiger partial charge in [0, 0.05) is 26.2 Å². The number of rotatable bonds is 7. The minimum atomic E-state index is -0.691. The molecule has 1 rings (SSSR count). The standard InChI is InChI=1S/C13H28N2O2/c1-3-17-12-5-9-15(10-6-12)8-4-7-13(2,16)11-14/h12,16H,3-11,14H2,1-2H3. The molecule has 0 radical (unpaired) electrons. The molecule has 0 aromatic heterocycles. The SMILES string of the molecule is CCOC1CCN(CCCC(C)(O)CN)CC1. The lowest BCUT2D eigenvalue weighted by molar-refractivity contribution is 0.0107. The highest BCUT2D eigenvalue weighted by atomic mass is 16.5. The minimum absolute atomic E-state index is 0.347. The summed E-state index contributed by atoms with van der Waals surface area (Å²) in [4.78, 5) is 2.46. The first-order valence-corrected chi connectivity index (χ1v) is 6.84. The molecule has 0 saturated carbocycles. The number of piperidine rings is 1. The van der Waals surface area contributed by atoms with Crippen LogP contribution in [0.2, 0.25) is 0 Å². The van der Waals surface area contributed by atoms with Crippen molar-refractivity contribution in [3.8, 4) is 0 Å². The van der Waals surface area contributed by atoms with Gasteiger partial charge in [-0.2, -0.15) is 0 Å². The zero-order valence-electron chi connectivity index (χ0n) is 11.3. The molecule has 1 unspecified atom stereocenters. The number of likely N-dealkylation sites (tertiary alicyclic amines) is 1. The van der Waals surface area contributed by atoms with E-state index in [9.17, 15) is 5.11 Å². The molecule has 1 fully saturated rings. The van der Waals surface area contributed by atoms with Crippen molar-refractivity contribution >= 4 is 0 Å². The predicted molar refractivity (Wildman–Crippen MR) is 70.0 cm³/mol. The Morgan fingerprint density at radius 1 is 1.41 bits per heavy atom. The van der Waals surface area contributed by atoms with E-state index >= 15 is 0 Å². The number of ether oxygens (including phenoxy) is 1. The van der Waals surface area contributed by atoms with E-state index in [0.29, 0.717) is 12.6 Å². The molecule has 0 bridgehead atoms. The van der Waals surface area contributed by atoms with Gasteiger partial charge >= 0.3 is 0 Å². The van der Waals surface area contributed by atoms with Crippen LogP contribution in [0.4, 0.5) is 0 Å². The fraction of sp³-hybridized carbons (Fsp3) is 1.00. The highest BCUT2D eigenvalue weighted by molar-refractivity contribution is 4.76. The van der Waals surface area contributed by atoms with E-state index in [1.165, 1.54) is 0 Å². The summed E-state index contributed by atoms with van der Waals surface area (Å²) in [7, 11) is 0. The quantitative estimate of drug-likeness (QED) is 0.701. The number of nitrogens with zero attached hydrogens (tertiary/aromatic N) is 1. The third-order valence-electron chi connectivity index (χ3n) is 3.57. The van der Waals surface area contributed by atoms with Crippen LogP contribution in [-0.4, -0.2) is 54.5 Å². The van der Waals surface area contributed by atoms with Crippen LogP contribution < -0.4 is 5.73 Å². The Kier molecular flexibility index (Phi) is 6.41. The minimum Gasteiger partial charge on any atom is -0.389 e. The molecule has 0 amide bonds. The van der Waals surface area contributed by atoms with Crippen LogP contribution in [-0.2, 0) is 4.74 Å². The normalized spacial score (nSPS) is 22.6. The first-order valence-electron chi connectivity index (χ1n) is 6.84. The van der Waals surface area contributed by atoms with Gasteiger partial charge in [0.1, 0.15) is 0 Å². The smallest absolute Gasteiger partial charge is 0.0741 e. The second kappa shape index (κ2) is 7.31. The lowest BCUT2D eigenvalue weighted by Crippen LogP contribution is -2.39. The molecule has 3 N–H and O–H groups in total. The summed E-state index contributed by atoms with van der Waals surface area (Å²) >= 11 is 0. The third-order valence-corrected chi connectivity index (χ3v) is 3.57. The van der Waals surface area contributed by atoms with Crippen molar-refractivity contribution in [3.05, 3.63) is 0 Å². The van der Waals surface area contributed by atoms with Gasteiger partial charge in [-0.15, -0.1) is 0 Å². The average molecular weight is 244 g/mol. The molecule has 4 nitrogen and oxygen atoms in total. The lowest BCUT2D eigenvalue weighted by atomic mass is 10.00. The molecular formula is C13H28N2O2. The zero-order chi connectivity index (χ0) is 12.7. The average Bonchev–Trinajstić information content (AvgIpc) is 2.32. The van der Waals surface area contributed by atoms with E-state index in [1.807, 2.05) is 6.92 Å². The van der Waals surface area contributed by atoms with E-state index in [2.05, 4.69) is 11.8 Å². The number of hydrogen-bond donors (Lipinski definition) is 2. The van der Waals surface area contributed by atoms with Gasteiger partial charge in [0.15, 0.2) is 0 Å². The number of hydrogen-bond acceptors (Lipinski definition) is 4. The van der Waals surface area contributed by atoms with Crippen LogP contribution in [0.15, 0.2) is 0 Å². The van der Waals surface area contributed by atoms with E-state index in [4.69, 9.17) is 10.5 Å². The predicted octanol–water partition coefficient (Wildman–Crippen LogP) is 0.977. The molecule has 1 atom stereocenters. The highest BCUT2D eigenvalue weighted by Gasteiger charge is 2.21. The van der Waals surface area contributed by atoms with Crippen molar-refractivity contribution in [2.75, 3.05) is 32.8 Å². The van der Waals surface area contributed by atoms with Gasteiger partial charge in [-0.25, -0.2) is 0 Å². The van der Waals surface area contributed by atoms with Crippen LogP contribution in [0, 0.1) is 0 Å². The Bertz CT molecular complexity index is 202. The summed E-state index contributed by atoms with van der Waals surface area (Å²) in [6, 6.07) is 0. The van der Waals surface area contributed by atoms with Gasteiger partial charge in [-0.3, -0.25) is 0 Å². The maximum atomic E-state index is 9.80. The number of nitrogens with two attached hydrogens (primary N) is 1. The Morgan fingerprint density at radius 2 is 2.06 bits per heavy atom. The van der Waals surface area contributed by atoms with E-state index in [0.717, 1.165) is 51.9 Å². The summed E-state index contributed by atoms with van der Waals surface area (Å²) < 4.78 is 5.62. The third kappa shape index (κ3) is 5.82. The van der Waals surface area contributed by atoms with Gasteiger partial charge in [-0.05, 0) is 46.1 Å². The topological polar surface area (TPSA) is 58.7 Å². The van der Waals surface area contributed by atoms with E-state index in [1.54, 1.807) is 0 Å². The second-order valence-electron chi connectivity index (χ2n) is 5.30. The molecule has 0 aliphatic carbocycles. The zero-order valence-corrected chi connectivity index (χ0v) is 11.3. The molecule has 1 heterocycles. The summed E-state index contributed by atoms with van der Waals surface area (Å²) in [5.41, 5.74) is 4.81. The number of aliphatic hydroxyl groups is 1. The maximum absolute atomic E-state index is 9.80. The molecule has 4 heteroatoms. The molecule has 0 aromatic carbocycles. The van der Waals surface area contributed by atoms with Crippen LogP contribution in [0.1, 0.15) is 39.5 Å². The summed E-state index contributed by atoms with van der Waals surface area (Å²) in [6.45, 7) is 8.35. The molecule has 1 aliphatic rings. The van der Waals surface area contributed by atoms with Crippen molar-refractivity contribution in [2.24, 2.45) is 5.73 Å². The van der Waals surface area contributed by atoms with Crippen molar-refractivity contribution in [2.45, 2.75) is 51.2 Å². The lowest BCUT2D eigenvalue weighted by Gasteiger charge is -2.32. The maximum Gasteiger partial charge on any atom is 0.0741 e. The Balaban J connectivity index is 2.10. The Hall–Kier alpha value is -0.160. The van der Waals surface area contributed by atoms with Crippen LogP contribution in [0.3, 0.4) is 0 Å². The fourth-order valence-corrected chi connectivity index (χ4v) is 2.32. The van der Waals surface area contributed by atoms with Gasteiger partial charge in [0.25, 0.3) is 0 Å². The first kappa shape index (κ1) is 14.9. The monoisotopic (exact) mass is 244 g/mol. The largest absolute Gasteiger partial charge is 0.389 e. The Morgan fingerprint density at radius 3 is 2.59 bits per heavy atom. The summed E-state index contributed by atoms with van der Waals surface area (Å²) in [5.74, 6) is 0. The van der Waals surface area contributed by atoms with Gasteiger partial charge in [0.05, 0.1) is 11.7 Å². The van der Waals surface area contributed by atoms with Crippen LogP contribution in [0.5, 0.6) is 0 Å². The van der Waals surface area contributed by atoms with Gasteiger partial charge in [-0.1, -0.05) is 0 Å². The molecule has 0 spiro atoms. The van der Waals surface area contributed by atoms with Crippen molar-refractivity contribution in [3.63, 3.8) is 0 Å².